The summed E-state index contributed by atoms with van der Waals surface area (Å²) in [5, 5.41) is 19.3. The van der Waals surface area contributed by atoms with E-state index < -0.39 is 5.60 Å². The van der Waals surface area contributed by atoms with E-state index in [1.807, 2.05) is 20.9 Å². The third kappa shape index (κ3) is 5.03. The van der Waals surface area contributed by atoms with Gasteiger partial charge in [-0.25, -0.2) is 0 Å². The SMILES string of the molecule is CN(CCC(C)(C)C#N)CC1(O)CCOCC1. The zero-order valence-corrected chi connectivity index (χ0v) is 11.2. The first-order valence-corrected chi connectivity index (χ1v) is 6.27. The molecule has 17 heavy (non-hydrogen) atoms. The van der Waals surface area contributed by atoms with Gasteiger partial charge in [0.25, 0.3) is 0 Å². The van der Waals surface area contributed by atoms with Crippen molar-refractivity contribution < 1.29 is 9.84 Å². The van der Waals surface area contributed by atoms with Gasteiger partial charge in [-0.1, -0.05) is 0 Å². The fourth-order valence-corrected chi connectivity index (χ4v) is 2.02. The number of ether oxygens (including phenoxy) is 1. The van der Waals surface area contributed by atoms with Crippen LogP contribution in [-0.2, 0) is 4.74 Å². The van der Waals surface area contributed by atoms with E-state index in [4.69, 9.17) is 10.00 Å². The van der Waals surface area contributed by atoms with Crippen LogP contribution in [0.5, 0.6) is 0 Å². The quantitative estimate of drug-likeness (QED) is 0.789. The van der Waals surface area contributed by atoms with Crippen LogP contribution in [0.1, 0.15) is 33.1 Å². The molecule has 1 rings (SSSR count). The molecule has 1 fully saturated rings. The maximum absolute atomic E-state index is 10.3. The summed E-state index contributed by atoms with van der Waals surface area (Å²) in [6.07, 6.45) is 2.24. The zero-order valence-electron chi connectivity index (χ0n) is 11.2. The van der Waals surface area contributed by atoms with Gasteiger partial charge in [0, 0.05) is 32.6 Å². The van der Waals surface area contributed by atoms with Gasteiger partial charge in [-0.15, -0.1) is 0 Å². The number of hydrogen-bond acceptors (Lipinski definition) is 4. The number of rotatable bonds is 5. The number of likely N-dealkylation sites (N-methyl/N-ethyl adjacent to an activating group) is 1. The van der Waals surface area contributed by atoms with Gasteiger partial charge in [0.1, 0.15) is 0 Å². The van der Waals surface area contributed by atoms with E-state index in [0.717, 1.165) is 13.0 Å². The van der Waals surface area contributed by atoms with Crippen molar-refractivity contribution in [2.75, 3.05) is 33.4 Å². The van der Waals surface area contributed by atoms with Crippen LogP contribution < -0.4 is 0 Å². The van der Waals surface area contributed by atoms with Gasteiger partial charge in [-0.05, 0) is 33.9 Å². The topological polar surface area (TPSA) is 56.5 Å². The second-order valence-corrected chi connectivity index (χ2v) is 5.82. The van der Waals surface area contributed by atoms with Crippen LogP contribution in [0.2, 0.25) is 0 Å². The molecule has 0 saturated carbocycles. The second-order valence-electron chi connectivity index (χ2n) is 5.82. The Labute approximate surface area is 104 Å². The second kappa shape index (κ2) is 5.81. The summed E-state index contributed by atoms with van der Waals surface area (Å²) >= 11 is 0. The Morgan fingerprint density at radius 2 is 2.00 bits per heavy atom. The summed E-state index contributed by atoms with van der Waals surface area (Å²) in [6.45, 7) is 6.69. The molecule has 4 heteroatoms. The minimum absolute atomic E-state index is 0.285. The lowest BCUT2D eigenvalue weighted by Crippen LogP contribution is -2.46. The average Bonchev–Trinajstić information content (AvgIpc) is 2.27. The van der Waals surface area contributed by atoms with E-state index in [1.54, 1.807) is 0 Å². The van der Waals surface area contributed by atoms with Crippen molar-refractivity contribution in [1.29, 1.82) is 5.26 Å². The molecule has 0 atom stereocenters. The molecule has 0 bridgehead atoms. The summed E-state index contributed by atoms with van der Waals surface area (Å²) in [5.74, 6) is 0. The minimum atomic E-state index is -0.607. The molecular formula is C13H24N2O2. The molecule has 1 aliphatic rings. The van der Waals surface area contributed by atoms with E-state index >= 15 is 0 Å². The van der Waals surface area contributed by atoms with Gasteiger partial charge >= 0.3 is 0 Å². The molecule has 0 aromatic carbocycles. The van der Waals surface area contributed by atoms with Gasteiger partial charge < -0.3 is 14.7 Å². The maximum atomic E-state index is 10.3. The number of nitrogens with zero attached hydrogens (tertiary/aromatic N) is 2. The maximum Gasteiger partial charge on any atom is 0.0817 e. The van der Waals surface area contributed by atoms with E-state index in [0.29, 0.717) is 32.6 Å². The lowest BCUT2D eigenvalue weighted by Gasteiger charge is -2.36. The third-order valence-corrected chi connectivity index (χ3v) is 3.41. The molecule has 4 nitrogen and oxygen atoms in total. The van der Waals surface area contributed by atoms with Crippen molar-refractivity contribution >= 4 is 0 Å². The molecule has 1 N–H and O–H groups in total. The molecule has 98 valence electrons. The van der Waals surface area contributed by atoms with Crippen LogP contribution in [-0.4, -0.2) is 49.0 Å². The summed E-state index contributed by atoms with van der Waals surface area (Å²) in [4.78, 5) is 2.12. The largest absolute Gasteiger partial charge is 0.388 e. The van der Waals surface area contributed by atoms with E-state index in [9.17, 15) is 5.11 Å². The fraction of sp³-hybridized carbons (Fsp3) is 0.923. The van der Waals surface area contributed by atoms with Gasteiger partial charge in [0.15, 0.2) is 0 Å². The molecule has 0 aromatic rings. The Balaban J connectivity index is 2.34. The van der Waals surface area contributed by atoms with Crippen molar-refractivity contribution in [1.82, 2.24) is 4.90 Å². The number of nitriles is 1. The lowest BCUT2D eigenvalue weighted by molar-refractivity contribution is -0.0773. The van der Waals surface area contributed by atoms with Crippen molar-refractivity contribution in [3.8, 4) is 6.07 Å². The molecule has 0 aliphatic carbocycles. The smallest absolute Gasteiger partial charge is 0.0817 e. The highest BCUT2D eigenvalue weighted by Crippen LogP contribution is 2.23. The van der Waals surface area contributed by atoms with Crippen molar-refractivity contribution in [2.24, 2.45) is 5.41 Å². The van der Waals surface area contributed by atoms with Crippen molar-refractivity contribution in [2.45, 2.75) is 38.7 Å². The zero-order chi connectivity index (χ0) is 12.9. The number of hydrogen-bond donors (Lipinski definition) is 1. The van der Waals surface area contributed by atoms with Crippen LogP contribution in [0.25, 0.3) is 0 Å². The molecule has 1 aliphatic heterocycles. The Hall–Kier alpha value is -0.630. The fourth-order valence-electron chi connectivity index (χ4n) is 2.02. The minimum Gasteiger partial charge on any atom is -0.388 e. The molecule has 0 unspecified atom stereocenters. The van der Waals surface area contributed by atoms with Gasteiger partial charge in [-0.2, -0.15) is 5.26 Å². The Kier molecular flexibility index (Phi) is 4.93. The first-order valence-electron chi connectivity index (χ1n) is 6.27. The highest BCUT2D eigenvalue weighted by molar-refractivity contribution is 4.92. The molecule has 1 saturated heterocycles. The summed E-state index contributed by atoms with van der Waals surface area (Å²) in [5.41, 5.74) is -0.893. The highest BCUT2D eigenvalue weighted by Gasteiger charge is 2.31. The van der Waals surface area contributed by atoms with Crippen molar-refractivity contribution in [3.05, 3.63) is 0 Å². The Bertz CT molecular complexity index is 278. The predicted octanol–water partition coefficient (Wildman–Crippen LogP) is 1.40. The average molecular weight is 240 g/mol. The summed E-state index contributed by atoms with van der Waals surface area (Å²) < 4.78 is 5.26. The summed E-state index contributed by atoms with van der Waals surface area (Å²) in [7, 11) is 2.00. The molecule has 0 radical (unpaired) electrons. The molecule has 0 spiro atoms. The molecular weight excluding hydrogens is 216 g/mol. The van der Waals surface area contributed by atoms with Crippen LogP contribution in [0.4, 0.5) is 0 Å². The monoisotopic (exact) mass is 240 g/mol. The molecule has 0 aromatic heterocycles. The molecule has 0 amide bonds. The van der Waals surface area contributed by atoms with Gasteiger partial charge in [0.05, 0.1) is 17.1 Å². The van der Waals surface area contributed by atoms with Crippen LogP contribution in [0.15, 0.2) is 0 Å². The normalized spacial score (nSPS) is 20.2. The standard InChI is InChI=1S/C13H24N2O2/c1-12(2,10-14)4-7-15(3)11-13(16)5-8-17-9-6-13/h16H,4-9,11H2,1-3H3. The van der Waals surface area contributed by atoms with Crippen LogP contribution in [0.3, 0.4) is 0 Å². The predicted molar refractivity (Wildman–Crippen MR) is 66.5 cm³/mol. The summed E-state index contributed by atoms with van der Waals surface area (Å²) in [6, 6.07) is 2.30. The van der Waals surface area contributed by atoms with Gasteiger partial charge in [-0.3, -0.25) is 0 Å². The van der Waals surface area contributed by atoms with Crippen molar-refractivity contribution in [3.63, 3.8) is 0 Å². The van der Waals surface area contributed by atoms with E-state index in [2.05, 4.69) is 11.0 Å². The van der Waals surface area contributed by atoms with Crippen LogP contribution in [0, 0.1) is 16.7 Å². The number of aliphatic hydroxyl groups is 1. The van der Waals surface area contributed by atoms with Crippen LogP contribution >= 0.6 is 0 Å². The van der Waals surface area contributed by atoms with E-state index in [1.165, 1.54) is 0 Å². The van der Waals surface area contributed by atoms with Gasteiger partial charge in [0.2, 0.25) is 0 Å². The highest BCUT2D eigenvalue weighted by atomic mass is 16.5. The third-order valence-electron chi connectivity index (χ3n) is 3.41. The Morgan fingerprint density at radius 1 is 1.41 bits per heavy atom. The molecule has 1 heterocycles. The Morgan fingerprint density at radius 3 is 2.53 bits per heavy atom. The van der Waals surface area contributed by atoms with E-state index in [-0.39, 0.29) is 5.41 Å². The first-order chi connectivity index (χ1) is 7.87. The lowest BCUT2D eigenvalue weighted by atomic mass is 9.90. The first kappa shape index (κ1) is 14.4.